The number of rotatable bonds is 3. The van der Waals surface area contributed by atoms with Crippen LogP contribution in [0.25, 0.3) is 22.4 Å². The van der Waals surface area contributed by atoms with Crippen molar-refractivity contribution in [2.75, 3.05) is 0 Å². The largest absolute Gasteiger partial charge is 0.418 e. The molecule has 0 saturated heterocycles. The van der Waals surface area contributed by atoms with Gasteiger partial charge in [-0.05, 0) is 36.4 Å². The summed E-state index contributed by atoms with van der Waals surface area (Å²) in [6.07, 6.45) is -3.12. The zero-order chi connectivity index (χ0) is 19.9. The molecule has 0 atom stereocenters. The quantitative estimate of drug-likeness (QED) is 0.422. The number of aromatic nitrogens is 3. The van der Waals surface area contributed by atoms with Gasteiger partial charge >= 0.3 is 6.18 Å². The fourth-order valence-electron chi connectivity index (χ4n) is 3.02. The molecule has 0 bridgehead atoms. The molecule has 2 heterocycles. The van der Waals surface area contributed by atoms with Crippen LogP contribution in [0, 0.1) is 11.3 Å². The van der Waals surface area contributed by atoms with E-state index in [1.807, 2.05) is 24.3 Å². The van der Waals surface area contributed by atoms with Gasteiger partial charge in [-0.3, -0.25) is 0 Å². The van der Waals surface area contributed by atoms with E-state index in [4.69, 9.17) is 9.78 Å². The van der Waals surface area contributed by atoms with Gasteiger partial charge in [-0.2, -0.15) is 23.4 Å². The minimum Gasteiger partial charge on any atom is -0.340 e. The van der Waals surface area contributed by atoms with Crippen LogP contribution in [0.4, 0.5) is 13.2 Å². The molecule has 0 fully saturated rings. The van der Waals surface area contributed by atoms with Gasteiger partial charge in [-0.1, -0.05) is 27.2 Å². The fraction of sp³-hybridized carbons (Fsp3) is 0.105. The summed E-state index contributed by atoms with van der Waals surface area (Å²) in [5.41, 5.74) is -0.285. The van der Waals surface area contributed by atoms with E-state index in [9.17, 15) is 13.2 Å². The first-order valence-corrected chi connectivity index (χ1v) is 8.84. The molecule has 0 N–H and O–H groups in total. The Morgan fingerprint density at radius 3 is 2.71 bits per heavy atom. The third-order valence-electron chi connectivity index (χ3n) is 4.21. The predicted octanol–water partition coefficient (Wildman–Crippen LogP) is 5.39. The number of hydrogen-bond acceptors (Lipinski definition) is 4. The summed E-state index contributed by atoms with van der Waals surface area (Å²) < 4.78 is 48.0. The fourth-order valence-corrected chi connectivity index (χ4v) is 3.42. The number of hydrogen-bond donors (Lipinski definition) is 0. The molecular formula is C19H10BrF3N4O. The Morgan fingerprint density at radius 2 is 2.00 bits per heavy atom. The molecule has 28 heavy (non-hydrogen) atoms. The van der Waals surface area contributed by atoms with Gasteiger partial charge in [-0.15, -0.1) is 0 Å². The molecule has 0 spiro atoms. The first-order chi connectivity index (χ1) is 13.4. The average Bonchev–Trinajstić information content (AvgIpc) is 3.28. The van der Waals surface area contributed by atoms with E-state index >= 15 is 0 Å². The van der Waals surface area contributed by atoms with Crippen molar-refractivity contribution < 1.29 is 17.7 Å². The standard InChI is InChI=1S/C19H10BrF3N4O/c20-13-3-1-2-11(8-13)18-25-16(26-28-18)10-27-7-6-14-15(27)5-4-12(9-24)17(14)19(21,22)23/h1-8H,10H2. The second kappa shape index (κ2) is 6.80. The summed E-state index contributed by atoms with van der Waals surface area (Å²) in [5, 5.41) is 12.9. The van der Waals surface area contributed by atoms with Gasteiger partial charge < -0.3 is 9.09 Å². The van der Waals surface area contributed by atoms with Crippen LogP contribution < -0.4 is 0 Å². The summed E-state index contributed by atoms with van der Waals surface area (Å²) in [5.74, 6) is 0.640. The first-order valence-electron chi connectivity index (χ1n) is 8.04. The summed E-state index contributed by atoms with van der Waals surface area (Å²) in [6, 6.07) is 12.9. The molecule has 0 saturated carbocycles. The molecule has 0 aliphatic heterocycles. The van der Waals surface area contributed by atoms with E-state index in [0.717, 1.165) is 10.0 Å². The Balaban J connectivity index is 1.71. The summed E-state index contributed by atoms with van der Waals surface area (Å²) in [7, 11) is 0. The highest BCUT2D eigenvalue weighted by molar-refractivity contribution is 9.10. The third-order valence-corrected chi connectivity index (χ3v) is 4.70. The van der Waals surface area contributed by atoms with Crippen LogP contribution >= 0.6 is 15.9 Å². The van der Waals surface area contributed by atoms with Crippen LogP contribution in [0.3, 0.4) is 0 Å². The monoisotopic (exact) mass is 446 g/mol. The zero-order valence-electron chi connectivity index (χ0n) is 14.0. The Bertz CT molecular complexity index is 1220. The van der Waals surface area contributed by atoms with Crippen molar-refractivity contribution in [1.29, 1.82) is 5.26 Å². The van der Waals surface area contributed by atoms with Gasteiger partial charge in [0.1, 0.15) is 0 Å². The summed E-state index contributed by atoms with van der Waals surface area (Å²) in [6.45, 7) is 0.129. The maximum absolute atomic E-state index is 13.4. The van der Waals surface area contributed by atoms with Crippen molar-refractivity contribution >= 4 is 26.8 Å². The molecule has 0 radical (unpaired) electrons. The normalized spacial score (nSPS) is 11.7. The highest BCUT2D eigenvalue weighted by Crippen LogP contribution is 2.37. The van der Waals surface area contributed by atoms with Crippen LogP contribution in [0.15, 0.2) is 57.7 Å². The summed E-state index contributed by atoms with van der Waals surface area (Å²) in [4.78, 5) is 4.31. The lowest BCUT2D eigenvalue weighted by atomic mass is 10.0. The van der Waals surface area contributed by atoms with Crippen LogP contribution in [-0.2, 0) is 12.7 Å². The second-order valence-electron chi connectivity index (χ2n) is 6.00. The van der Waals surface area contributed by atoms with Crippen LogP contribution in [0.2, 0.25) is 0 Å². The van der Waals surface area contributed by atoms with Gasteiger partial charge in [0.15, 0.2) is 5.82 Å². The Morgan fingerprint density at radius 1 is 1.18 bits per heavy atom. The molecule has 140 valence electrons. The van der Waals surface area contributed by atoms with Crippen LogP contribution in [-0.4, -0.2) is 14.7 Å². The Hall–Kier alpha value is -3.12. The van der Waals surface area contributed by atoms with Crippen molar-refractivity contribution in [3.05, 3.63) is 70.1 Å². The number of nitriles is 1. The lowest BCUT2D eigenvalue weighted by molar-refractivity contribution is -0.136. The SMILES string of the molecule is N#Cc1ccc2c(ccn2Cc2noc(-c3cccc(Br)c3)n2)c1C(F)(F)F. The maximum Gasteiger partial charge on any atom is 0.418 e. The molecular weight excluding hydrogens is 437 g/mol. The zero-order valence-corrected chi connectivity index (χ0v) is 15.6. The van der Waals surface area contributed by atoms with E-state index < -0.39 is 17.3 Å². The van der Waals surface area contributed by atoms with Gasteiger partial charge in [0.25, 0.3) is 5.89 Å². The Labute approximate surface area is 165 Å². The highest BCUT2D eigenvalue weighted by atomic mass is 79.9. The van der Waals surface area contributed by atoms with Crippen molar-refractivity contribution in [3.8, 4) is 17.5 Å². The molecule has 0 aliphatic carbocycles. The molecule has 2 aromatic heterocycles. The molecule has 4 aromatic rings. The number of alkyl halides is 3. The van der Waals surface area contributed by atoms with Gasteiger partial charge in [0, 0.05) is 27.1 Å². The highest BCUT2D eigenvalue weighted by Gasteiger charge is 2.36. The van der Waals surface area contributed by atoms with Gasteiger partial charge in [-0.25, -0.2) is 0 Å². The molecule has 5 nitrogen and oxygen atoms in total. The van der Waals surface area contributed by atoms with E-state index in [1.54, 1.807) is 10.6 Å². The third kappa shape index (κ3) is 3.27. The molecule has 4 rings (SSSR count). The summed E-state index contributed by atoms with van der Waals surface area (Å²) >= 11 is 3.37. The van der Waals surface area contributed by atoms with E-state index in [1.165, 1.54) is 24.4 Å². The number of fused-ring (bicyclic) bond motifs is 1. The molecule has 0 amide bonds. The number of halogens is 4. The van der Waals surface area contributed by atoms with E-state index in [2.05, 4.69) is 26.1 Å². The number of benzene rings is 2. The molecule has 0 unspecified atom stereocenters. The minimum atomic E-state index is -4.63. The maximum atomic E-state index is 13.4. The van der Waals surface area contributed by atoms with Crippen LogP contribution in [0.5, 0.6) is 0 Å². The van der Waals surface area contributed by atoms with E-state index in [-0.39, 0.29) is 11.9 Å². The predicted molar refractivity (Wildman–Crippen MR) is 98.2 cm³/mol. The molecule has 9 heteroatoms. The smallest absolute Gasteiger partial charge is 0.340 e. The van der Waals surface area contributed by atoms with E-state index in [0.29, 0.717) is 17.2 Å². The molecule has 0 aliphatic rings. The van der Waals surface area contributed by atoms with Crippen molar-refractivity contribution in [1.82, 2.24) is 14.7 Å². The number of nitrogens with zero attached hydrogens (tertiary/aromatic N) is 4. The first kappa shape index (κ1) is 18.3. The Kier molecular flexibility index (Phi) is 4.43. The molecule has 2 aromatic carbocycles. The topological polar surface area (TPSA) is 67.6 Å². The average molecular weight is 447 g/mol. The second-order valence-corrected chi connectivity index (χ2v) is 6.92. The minimum absolute atomic E-state index is 0.0396. The van der Waals surface area contributed by atoms with Crippen molar-refractivity contribution in [2.24, 2.45) is 0 Å². The van der Waals surface area contributed by atoms with Gasteiger partial charge in [0.05, 0.1) is 23.7 Å². The van der Waals surface area contributed by atoms with Crippen molar-refractivity contribution in [3.63, 3.8) is 0 Å². The van der Waals surface area contributed by atoms with Gasteiger partial charge in [0.2, 0.25) is 0 Å². The van der Waals surface area contributed by atoms with Crippen LogP contribution in [0.1, 0.15) is 17.0 Å². The van der Waals surface area contributed by atoms with Crippen molar-refractivity contribution in [2.45, 2.75) is 12.7 Å². The lowest BCUT2D eigenvalue weighted by Crippen LogP contribution is -2.09. The lowest BCUT2D eigenvalue weighted by Gasteiger charge is -2.11.